The van der Waals surface area contributed by atoms with Gasteiger partial charge in [-0.1, -0.05) is 6.42 Å². The van der Waals surface area contributed by atoms with E-state index in [1.807, 2.05) is 31.2 Å². The number of piperidine rings is 2. The third kappa shape index (κ3) is 3.30. The van der Waals surface area contributed by atoms with Gasteiger partial charge in [0.25, 0.3) is 5.91 Å². The average Bonchev–Trinajstić information content (AvgIpc) is 3.40. The summed E-state index contributed by atoms with van der Waals surface area (Å²) in [6.07, 6.45) is 8.99. The molecule has 130 valence electrons. The summed E-state index contributed by atoms with van der Waals surface area (Å²) in [5, 5.41) is 3.29. The van der Waals surface area contributed by atoms with E-state index in [1.165, 1.54) is 32.1 Å². The highest BCUT2D eigenvalue weighted by Crippen LogP contribution is 2.41. The number of hydrogen-bond acceptors (Lipinski definition) is 3. The second-order valence-electron chi connectivity index (χ2n) is 7.52. The Kier molecular flexibility index (Phi) is 4.49. The molecule has 2 saturated heterocycles. The number of amides is 1. The maximum Gasteiger partial charge on any atom is 0.251 e. The number of fused-ring (bicyclic) bond motifs is 2. The van der Waals surface area contributed by atoms with Crippen LogP contribution in [-0.2, 0) is 0 Å². The lowest BCUT2D eigenvalue weighted by atomic mass is 9.81. The lowest BCUT2D eigenvalue weighted by Gasteiger charge is -2.49. The molecule has 1 aromatic carbocycles. The Balaban J connectivity index is 1.37. The van der Waals surface area contributed by atoms with Crippen LogP contribution in [0.4, 0.5) is 0 Å². The Hall–Kier alpha value is -1.55. The smallest absolute Gasteiger partial charge is 0.251 e. The molecule has 0 radical (unpaired) electrons. The molecule has 4 heteroatoms. The van der Waals surface area contributed by atoms with Crippen LogP contribution in [0.15, 0.2) is 24.3 Å². The topological polar surface area (TPSA) is 41.6 Å². The molecule has 2 aliphatic heterocycles. The number of carbonyl (C=O) groups is 1. The van der Waals surface area contributed by atoms with E-state index in [2.05, 4.69) is 10.2 Å². The van der Waals surface area contributed by atoms with Crippen LogP contribution in [0.1, 0.15) is 62.2 Å². The molecule has 2 heterocycles. The van der Waals surface area contributed by atoms with Crippen molar-refractivity contribution in [3.05, 3.63) is 29.8 Å². The van der Waals surface area contributed by atoms with E-state index in [-0.39, 0.29) is 5.91 Å². The van der Waals surface area contributed by atoms with Crippen LogP contribution in [0.3, 0.4) is 0 Å². The maximum absolute atomic E-state index is 12.6. The van der Waals surface area contributed by atoms with Crippen LogP contribution in [0.5, 0.6) is 5.75 Å². The van der Waals surface area contributed by atoms with Crippen molar-refractivity contribution in [2.75, 3.05) is 6.61 Å². The van der Waals surface area contributed by atoms with Crippen molar-refractivity contribution in [2.45, 2.75) is 76.0 Å². The molecule has 0 aromatic heterocycles. The molecular weight excluding hydrogens is 300 g/mol. The summed E-state index contributed by atoms with van der Waals surface area (Å²) < 4.78 is 5.44. The molecular formula is C20H28N2O2. The summed E-state index contributed by atoms with van der Waals surface area (Å²) in [5.41, 5.74) is 0.730. The summed E-state index contributed by atoms with van der Waals surface area (Å²) in [5.74, 6) is 0.877. The number of ether oxygens (including phenoxy) is 1. The normalized spacial score (nSPS) is 30.0. The first-order chi connectivity index (χ1) is 11.7. The highest BCUT2D eigenvalue weighted by molar-refractivity contribution is 5.94. The van der Waals surface area contributed by atoms with E-state index in [9.17, 15) is 4.79 Å². The summed E-state index contributed by atoms with van der Waals surface area (Å²) in [6, 6.07) is 10.0. The van der Waals surface area contributed by atoms with E-state index in [1.54, 1.807) is 0 Å². The number of hydrogen-bond donors (Lipinski definition) is 1. The standard InChI is InChI=1S/C20H28N2O2/c1-2-24-19-10-6-14(7-11-19)20(23)21-15-12-17-4-3-5-18(13-15)22(17)16-8-9-16/h6-7,10-11,15-18H,2-5,8-9,12-13H2,1H3,(H,21,23)/t15?,17-,18+. The van der Waals surface area contributed by atoms with E-state index in [0.29, 0.717) is 24.7 Å². The van der Waals surface area contributed by atoms with Crippen LogP contribution in [0, 0.1) is 0 Å². The fourth-order valence-electron chi connectivity index (χ4n) is 4.64. The molecule has 0 spiro atoms. The van der Waals surface area contributed by atoms with Crippen molar-refractivity contribution in [3.63, 3.8) is 0 Å². The first-order valence-corrected chi connectivity index (χ1v) is 9.55. The molecule has 1 unspecified atom stereocenters. The van der Waals surface area contributed by atoms with E-state index in [4.69, 9.17) is 4.74 Å². The van der Waals surface area contributed by atoms with E-state index < -0.39 is 0 Å². The monoisotopic (exact) mass is 328 g/mol. The van der Waals surface area contributed by atoms with Gasteiger partial charge in [-0.3, -0.25) is 9.69 Å². The SMILES string of the molecule is CCOc1ccc(C(=O)NC2C[C@H]3CCC[C@@H](C2)N3C2CC2)cc1. The lowest BCUT2D eigenvalue weighted by Crippen LogP contribution is -2.57. The molecule has 3 aliphatic rings. The summed E-state index contributed by atoms with van der Waals surface area (Å²) in [7, 11) is 0. The van der Waals surface area contributed by atoms with E-state index in [0.717, 1.165) is 30.2 Å². The Morgan fingerprint density at radius 2 is 1.75 bits per heavy atom. The predicted molar refractivity (Wildman–Crippen MR) is 94.4 cm³/mol. The van der Waals surface area contributed by atoms with Gasteiger partial charge in [0.1, 0.15) is 5.75 Å². The van der Waals surface area contributed by atoms with Gasteiger partial charge in [-0.25, -0.2) is 0 Å². The second kappa shape index (κ2) is 6.75. The van der Waals surface area contributed by atoms with Gasteiger partial charge in [0.15, 0.2) is 0 Å². The third-order valence-electron chi connectivity index (χ3n) is 5.76. The Bertz CT molecular complexity index is 568. The fraction of sp³-hybridized carbons (Fsp3) is 0.650. The summed E-state index contributed by atoms with van der Waals surface area (Å²) in [4.78, 5) is 15.4. The molecule has 1 aromatic rings. The zero-order valence-corrected chi connectivity index (χ0v) is 14.5. The van der Waals surface area contributed by atoms with Gasteiger partial charge in [0.2, 0.25) is 0 Å². The van der Waals surface area contributed by atoms with Crippen molar-refractivity contribution < 1.29 is 9.53 Å². The zero-order chi connectivity index (χ0) is 16.5. The minimum absolute atomic E-state index is 0.0565. The quantitative estimate of drug-likeness (QED) is 0.901. The van der Waals surface area contributed by atoms with Gasteiger partial charge in [0, 0.05) is 29.7 Å². The molecule has 4 rings (SSSR count). The molecule has 1 amide bonds. The number of carbonyl (C=O) groups excluding carboxylic acids is 1. The van der Waals surface area contributed by atoms with Crippen LogP contribution in [0.2, 0.25) is 0 Å². The number of rotatable bonds is 5. The van der Waals surface area contributed by atoms with Gasteiger partial charge in [0.05, 0.1) is 6.61 Å². The van der Waals surface area contributed by atoms with Crippen molar-refractivity contribution in [1.82, 2.24) is 10.2 Å². The predicted octanol–water partition coefficient (Wildman–Crippen LogP) is 3.36. The summed E-state index contributed by atoms with van der Waals surface area (Å²) >= 11 is 0. The van der Waals surface area contributed by atoms with Gasteiger partial charge in [-0.15, -0.1) is 0 Å². The highest BCUT2D eigenvalue weighted by atomic mass is 16.5. The minimum Gasteiger partial charge on any atom is -0.494 e. The first kappa shape index (κ1) is 15.9. The molecule has 3 atom stereocenters. The first-order valence-electron chi connectivity index (χ1n) is 9.55. The Morgan fingerprint density at radius 3 is 2.33 bits per heavy atom. The maximum atomic E-state index is 12.6. The average molecular weight is 328 g/mol. The largest absolute Gasteiger partial charge is 0.494 e. The van der Waals surface area contributed by atoms with Crippen LogP contribution in [0.25, 0.3) is 0 Å². The molecule has 1 N–H and O–H groups in total. The summed E-state index contributed by atoms with van der Waals surface area (Å²) in [6.45, 7) is 2.61. The van der Waals surface area contributed by atoms with Crippen molar-refractivity contribution in [2.24, 2.45) is 0 Å². The number of nitrogens with one attached hydrogen (secondary N) is 1. The lowest BCUT2D eigenvalue weighted by molar-refractivity contribution is 0.0175. The van der Waals surface area contributed by atoms with Crippen LogP contribution >= 0.6 is 0 Å². The van der Waals surface area contributed by atoms with Crippen LogP contribution < -0.4 is 10.1 Å². The van der Waals surface area contributed by atoms with Gasteiger partial charge < -0.3 is 10.1 Å². The Morgan fingerprint density at radius 1 is 1.08 bits per heavy atom. The van der Waals surface area contributed by atoms with Crippen molar-refractivity contribution >= 4 is 5.91 Å². The molecule has 24 heavy (non-hydrogen) atoms. The highest BCUT2D eigenvalue weighted by Gasteiger charge is 2.45. The minimum atomic E-state index is 0.0565. The molecule has 4 nitrogen and oxygen atoms in total. The second-order valence-corrected chi connectivity index (χ2v) is 7.52. The van der Waals surface area contributed by atoms with Gasteiger partial charge in [-0.05, 0) is 69.7 Å². The number of nitrogens with zero attached hydrogens (tertiary/aromatic N) is 1. The molecule has 2 bridgehead atoms. The molecule has 1 aliphatic carbocycles. The molecule has 3 fully saturated rings. The van der Waals surface area contributed by atoms with Gasteiger partial charge in [-0.2, -0.15) is 0 Å². The zero-order valence-electron chi connectivity index (χ0n) is 14.5. The third-order valence-corrected chi connectivity index (χ3v) is 5.76. The fourth-order valence-corrected chi connectivity index (χ4v) is 4.64. The van der Waals surface area contributed by atoms with Crippen molar-refractivity contribution in [1.29, 1.82) is 0 Å². The van der Waals surface area contributed by atoms with Gasteiger partial charge >= 0.3 is 0 Å². The number of benzene rings is 1. The molecule has 1 saturated carbocycles. The van der Waals surface area contributed by atoms with Crippen molar-refractivity contribution in [3.8, 4) is 5.75 Å². The van der Waals surface area contributed by atoms with Crippen LogP contribution in [-0.4, -0.2) is 41.6 Å². The Labute approximate surface area is 144 Å². The van der Waals surface area contributed by atoms with E-state index >= 15 is 0 Å².